The van der Waals surface area contributed by atoms with Gasteiger partial charge in [0.1, 0.15) is 0 Å². The topological polar surface area (TPSA) is 68.7 Å². The number of hydrogen-bond acceptors (Lipinski definition) is 4. The summed E-state index contributed by atoms with van der Waals surface area (Å²) in [6.07, 6.45) is 3.29. The van der Waals surface area contributed by atoms with Crippen LogP contribution in [0.4, 0.5) is 0 Å². The summed E-state index contributed by atoms with van der Waals surface area (Å²) in [7, 11) is -2.03. The summed E-state index contributed by atoms with van der Waals surface area (Å²) in [5.74, 6) is -0.736. The van der Waals surface area contributed by atoms with E-state index in [4.69, 9.17) is 14.1 Å². The summed E-state index contributed by atoms with van der Waals surface area (Å²) in [4.78, 5) is 17.4. The maximum Gasteiger partial charge on any atom is 0.338 e. The summed E-state index contributed by atoms with van der Waals surface area (Å²) in [6, 6.07) is 0. The number of halogens is 1. The van der Waals surface area contributed by atoms with Gasteiger partial charge in [-0.2, -0.15) is 0 Å². The molecular weight excluding hydrogens is 509 g/mol. The second-order valence-electron chi connectivity index (χ2n) is 11.2. The first-order valence-electron chi connectivity index (χ1n) is 10.9. The molecule has 0 radical (unpaired) electrons. The van der Waals surface area contributed by atoms with Crippen molar-refractivity contribution in [3.8, 4) is 0 Å². The molecule has 0 spiro atoms. The van der Waals surface area contributed by atoms with Gasteiger partial charge in [0.15, 0.2) is 8.32 Å². The largest absolute Gasteiger partial charge is 0.478 e. The Labute approximate surface area is 195 Å². The van der Waals surface area contributed by atoms with E-state index in [-0.39, 0.29) is 22.5 Å². The molecule has 30 heavy (non-hydrogen) atoms. The summed E-state index contributed by atoms with van der Waals surface area (Å²) in [6.45, 7) is 17.1. The fraction of sp³-hybridized carbons (Fsp3) is 0.739. The van der Waals surface area contributed by atoms with Gasteiger partial charge in [-0.3, -0.25) is 4.98 Å². The number of hydrogen-bond donors (Lipinski definition) is 1. The number of ether oxygens (including phenoxy) is 1. The molecule has 1 aromatic rings. The molecule has 1 aromatic heterocycles. The maximum atomic E-state index is 12.3. The third kappa shape index (κ3) is 4.78. The van der Waals surface area contributed by atoms with Gasteiger partial charge in [-0.15, -0.1) is 0 Å². The average molecular weight is 546 g/mol. The lowest BCUT2D eigenvalue weighted by Gasteiger charge is -2.44. The van der Waals surface area contributed by atoms with Crippen LogP contribution in [-0.4, -0.2) is 37.6 Å². The van der Waals surface area contributed by atoms with Gasteiger partial charge in [0.2, 0.25) is 0 Å². The van der Waals surface area contributed by atoms with Crippen molar-refractivity contribution in [1.82, 2.24) is 4.98 Å². The van der Waals surface area contributed by atoms with E-state index in [0.717, 1.165) is 46.2 Å². The van der Waals surface area contributed by atoms with Crippen molar-refractivity contribution >= 4 is 36.9 Å². The van der Waals surface area contributed by atoms with Gasteiger partial charge >= 0.3 is 5.97 Å². The highest BCUT2D eigenvalue weighted by Gasteiger charge is 2.44. The Morgan fingerprint density at radius 1 is 1.27 bits per heavy atom. The van der Waals surface area contributed by atoms with Crippen LogP contribution in [0.5, 0.6) is 0 Å². The minimum absolute atomic E-state index is 0.0633. The lowest BCUT2D eigenvalue weighted by atomic mass is 9.74. The van der Waals surface area contributed by atoms with Crippen LogP contribution in [0.15, 0.2) is 0 Å². The van der Waals surface area contributed by atoms with Gasteiger partial charge < -0.3 is 14.3 Å². The number of carboxylic acids is 1. The zero-order chi connectivity index (χ0) is 22.5. The van der Waals surface area contributed by atoms with Gasteiger partial charge in [-0.05, 0) is 71.8 Å². The van der Waals surface area contributed by atoms with Crippen molar-refractivity contribution in [2.75, 3.05) is 13.2 Å². The quantitative estimate of drug-likeness (QED) is 0.355. The molecule has 5 nitrogen and oxygen atoms in total. The molecule has 0 aromatic carbocycles. The van der Waals surface area contributed by atoms with Crippen molar-refractivity contribution in [3.63, 3.8) is 0 Å². The first-order chi connectivity index (χ1) is 13.7. The van der Waals surface area contributed by atoms with Gasteiger partial charge in [0.25, 0.3) is 0 Å². The average Bonchev–Trinajstić information content (AvgIpc) is 2.59. The van der Waals surface area contributed by atoms with E-state index in [1.807, 2.05) is 0 Å². The fourth-order valence-corrected chi connectivity index (χ4v) is 6.76. The van der Waals surface area contributed by atoms with E-state index in [1.54, 1.807) is 0 Å². The summed E-state index contributed by atoms with van der Waals surface area (Å²) in [5, 5.41) is 10.2. The number of carbonyl (C=O) groups is 1. The minimum Gasteiger partial charge on any atom is -0.478 e. The van der Waals surface area contributed by atoms with Gasteiger partial charge in [0.05, 0.1) is 17.4 Å². The van der Waals surface area contributed by atoms with Gasteiger partial charge in [-0.25, -0.2) is 4.79 Å². The molecule has 2 aliphatic rings. The summed E-state index contributed by atoms with van der Waals surface area (Å²) >= 11 is 2.24. The van der Waals surface area contributed by atoms with Crippen LogP contribution < -0.4 is 0 Å². The van der Waals surface area contributed by atoms with Crippen LogP contribution >= 0.6 is 22.6 Å². The number of aromatic nitrogens is 1. The number of fused-ring (bicyclic) bond motifs is 1. The monoisotopic (exact) mass is 545 g/mol. The van der Waals surface area contributed by atoms with Gasteiger partial charge in [-0.1, -0.05) is 34.6 Å². The molecule has 3 rings (SSSR count). The Morgan fingerprint density at radius 2 is 1.87 bits per heavy atom. The van der Waals surface area contributed by atoms with Crippen molar-refractivity contribution in [2.45, 2.75) is 90.5 Å². The van der Waals surface area contributed by atoms with Crippen LogP contribution in [0.1, 0.15) is 93.2 Å². The summed E-state index contributed by atoms with van der Waals surface area (Å²) in [5.41, 5.74) is 3.25. The zero-order valence-corrected chi connectivity index (χ0v) is 22.6. The van der Waals surface area contributed by atoms with E-state index in [1.165, 1.54) is 0 Å². The molecule has 0 bridgehead atoms. The Bertz CT molecular complexity index is 825. The third-order valence-corrected chi connectivity index (χ3v) is 12.7. The lowest BCUT2D eigenvalue weighted by Crippen LogP contribution is -2.44. The van der Waals surface area contributed by atoms with E-state index in [0.29, 0.717) is 18.8 Å². The standard InChI is InChI=1S/C23H36INO4Si/c1-22(2,3)30(6,7)29-16-13-23(4,5)12-15-17(16)19(24)18(21(26)27)20(25-15)14-8-10-28-11-9-14/h14,16H,8-13H2,1-7H3,(H,26,27). The highest BCUT2D eigenvalue weighted by Crippen LogP contribution is 2.49. The highest BCUT2D eigenvalue weighted by molar-refractivity contribution is 14.1. The Hall–Kier alpha value is -0.513. The highest BCUT2D eigenvalue weighted by atomic mass is 127. The van der Waals surface area contributed by atoms with Crippen LogP contribution in [0.25, 0.3) is 0 Å². The van der Waals surface area contributed by atoms with Crippen molar-refractivity contribution < 1.29 is 19.1 Å². The number of pyridine rings is 1. The van der Waals surface area contributed by atoms with E-state index in [9.17, 15) is 9.90 Å². The predicted molar refractivity (Wildman–Crippen MR) is 130 cm³/mol. The number of carboxylic acid groups (broad SMARTS) is 1. The Morgan fingerprint density at radius 3 is 2.40 bits per heavy atom. The predicted octanol–water partition coefficient (Wildman–Crippen LogP) is 6.31. The Balaban J connectivity index is 2.15. The van der Waals surface area contributed by atoms with E-state index >= 15 is 0 Å². The maximum absolute atomic E-state index is 12.3. The minimum atomic E-state index is -2.03. The molecular formula is C23H36INO4Si. The molecule has 1 aliphatic carbocycles. The van der Waals surface area contributed by atoms with Crippen LogP contribution in [-0.2, 0) is 15.6 Å². The van der Waals surface area contributed by atoms with Gasteiger partial charge in [0, 0.05) is 34.0 Å². The number of nitrogens with zero attached hydrogens (tertiary/aromatic N) is 1. The molecule has 7 heteroatoms. The summed E-state index contributed by atoms with van der Waals surface area (Å²) < 4.78 is 13.2. The normalized spacial score (nSPS) is 22.6. The molecule has 0 saturated carbocycles. The molecule has 1 atom stereocenters. The Kier molecular flexibility index (Phi) is 6.79. The number of rotatable bonds is 4. The molecule has 0 amide bonds. The molecule has 1 unspecified atom stereocenters. The second kappa shape index (κ2) is 8.44. The lowest BCUT2D eigenvalue weighted by molar-refractivity contribution is 0.0678. The first kappa shape index (κ1) is 24.1. The fourth-order valence-electron chi connectivity index (χ4n) is 4.33. The molecule has 1 saturated heterocycles. The first-order valence-corrected chi connectivity index (χ1v) is 14.9. The van der Waals surface area contributed by atoms with Crippen molar-refractivity contribution in [3.05, 3.63) is 26.1 Å². The van der Waals surface area contributed by atoms with Crippen molar-refractivity contribution in [2.24, 2.45) is 5.41 Å². The van der Waals surface area contributed by atoms with Crippen LogP contribution in [0, 0.1) is 8.99 Å². The van der Waals surface area contributed by atoms with Crippen LogP contribution in [0.3, 0.4) is 0 Å². The third-order valence-electron chi connectivity index (χ3n) is 7.05. The van der Waals surface area contributed by atoms with Crippen molar-refractivity contribution in [1.29, 1.82) is 0 Å². The van der Waals surface area contributed by atoms with Crippen LogP contribution in [0.2, 0.25) is 18.1 Å². The molecule has 1 N–H and O–H groups in total. The SMILES string of the molecule is CC1(C)Cc2nc(C3CCOCC3)c(C(=O)O)c(I)c2C(O[Si](C)(C)C(C)(C)C)C1. The second-order valence-corrected chi connectivity index (χ2v) is 17.0. The zero-order valence-electron chi connectivity index (χ0n) is 19.4. The molecule has 1 fully saturated rings. The van der Waals surface area contributed by atoms with E-state index in [2.05, 4.69) is 70.3 Å². The smallest absolute Gasteiger partial charge is 0.338 e. The molecule has 1 aliphatic heterocycles. The number of aromatic carboxylic acids is 1. The van der Waals surface area contributed by atoms with E-state index < -0.39 is 14.3 Å². The molecule has 168 valence electrons. The molecule has 2 heterocycles.